The van der Waals surface area contributed by atoms with Gasteiger partial charge >= 0.3 is 0 Å². The molecule has 152 valence electrons. The first kappa shape index (κ1) is 20.5. The maximum Gasteiger partial charge on any atom is 0.246 e. The molecule has 28 heavy (non-hydrogen) atoms. The Morgan fingerprint density at radius 3 is 2.39 bits per heavy atom. The van der Waals surface area contributed by atoms with Crippen LogP contribution in [0.15, 0.2) is 41.8 Å². The summed E-state index contributed by atoms with van der Waals surface area (Å²) >= 11 is 0. The number of halogens is 1. The third kappa shape index (κ3) is 4.10. The lowest BCUT2D eigenvalue weighted by Crippen LogP contribution is -2.54. The molecule has 1 unspecified atom stereocenters. The largest absolute Gasteiger partial charge is 0.340 e. The van der Waals surface area contributed by atoms with E-state index in [4.69, 9.17) is 0 Å². The van der Waals surface area contributed by atoms with Gasteiger partial charge in [-0.05, 0) is 31.1 Å². The van der Waals surface area contributed by atoms with E-state index < -0.39 is 15.8 Å². The van der Waals surface area contributed by atoms with Crippen molar-refractivity contribution in [3.8, 4) is 0 Å². The molecule has 0 saturated carbocycles. The molecule has 1 aromatic rings. The normalized spacial score (nSPS) is 21.4. The molecule has 9 heteroatoms. The van der Waals surface area contributed by atoms with Gasteiger partial charge in [-0.15, -0.1) is 0 Å². The highest BCUT2D eigenvalue weighted by atomic mass is 32.2. The highest BCUT2D eigenvalue weighted by molar-refractivity contribution is 7.89. The highest BCUT2D eigenvalue weighted by Gasteiger charge is 2.35. The first-order chi connectivity index (χ1) is 13.3. The zero-order valence-electron chi connectivity index (χ0n) is 15.6. The van der Waals surface area contributed by atoms with Gasteiger partial charge in [-0.25, -0.2) is 12.8 Å². The van der Waals surface area contributed by atoms with Gasteiger partial charge < -0.3 is 9.80 Å². The number of sulfonamides is 1. The number of amides is 2. The SMILES string of the molecule is C=CC(=O)N1CCCC(C(=O)N2CCN(S(=O)(=O)c3ccccc3F)CC2)C1. The zero-order valence-corrected chi connectivity index (χ0v) is 16.4. The molecule has 2 aliphatic heterocycles. The summed E-state index contributed by atoms with van der Waals surface area (Å²) in [5.74, 6) is -1.31. The number of carbonyl (C=O) groups is 2. The molecule has 3 rings (SSSR count). The molecular formula is C19H24FN3O4S. The van der Waals surface area contributed by atoms with Crippen molar-refractivity contribution >= 4 is 21.8 Å². The van der Waals surface area contributed by atoms with Crippen molar-refractivity contribution in [1.82, 2.24) is 14.1 Å². The monoisotopic (exact) mass is 409 g/mol. The summed E-state index contributed by atoms with van der Waals surface area (Å²) in [6.45, 7) is 5.18. The lowest BCUT2D eigenvalue weighted by atomic mass is 9.96. The number of hydrogen-bond acceptors (Lipinski definition) is 4. The van der Waals surface area contributed by atoms with Crippen LogP contribution in [0.4, 0.5) is 4.39 Å². The third-order valence-corrected chi connectivity index (χ3v) is 7.19. The van der Waals surface area contributed by atoms with Crippen molar-refractivity contribution in [2.45, 2.75) is 17.7 Å². The second-order valence-electron chi connectivity index (χ2n) is 6.99. The Morgan fingerprint density at radius 1 is 1.07 bits per heavy atom. The number of nitrogens with zero attached hydrogens (tertiary/aromatic N) is 3. The minimum Gasteiger partial charge on any atom is -0.340 e. The number of rotatable bonds is 4. The first-order valence-corrected chi connectivity index (χ1v) is 10.7. The van der Waals surface area contributed by atoms with E-state index in [0.29, 0.717) is 19.5 Å². The fourth-order valence-corrected chi connectivity index (χ4v) is 5.20. The van der Waals surface area contributed by atoms with E-state index in [2.05, 4.69) is 6.58 Å². The topological polar surface area (TPSA) is 78.0 Å². The summed E-state index contributed by atoms with van der Waals surface area (Å²) in [4.78, 5) is 27.5. The third-order valence-electron chi connectivity index (χ3n) is 5.26. The van der Waals surface area contributed by atoms with Gasteiger partial charge in [0.15, 0.2) is 0 Å². The van der Waals surface area contributed by atoms with Crippen LogP contribution in [-0.4, -0.2) is 73.6 Å². The number of hydrogen-bond donors (Lipinski definition) is 0. The lowest BCUT2D eigenvalue weighted by Gasteiger charge is -2.38. The molecule has 2 heterocycles. The zero-order chi connectivity index (χ0) is 20.3. The molecule has 0 spiro atoms. The second kappa shape index (κ2) is 8.40. The van der Waals surface area contributed by atoms with Crippen molar-refractivity contribution in [2.75, 3.05) is 39.3 Å². The summed E-state index contributed by atoms with van der Waals surface area (Å²) < 4.78 is 40.5. The predicted octanol–water partition coefficient (Wildman–Crippen LogP) is 1.08. The van der Waals surface area contributed by atoms with E-state index in [1.165, 1.54) is 28.6 Å². The molecule has 0 aromatic heterocycles. The van der Waals surface area contributed by atoms with Gasteiger partial charge in [0.25, 0.3) is 0 Å². The average molecular weight is 409 g/mol. The van der Waals surface area contributed by atoms with Crippen LogP contribution in [0.2, 0.25) is 0 Å². The van der Waals surface area contributed by atoms with Gasteiger partial charge in [0.05, 0.1) is 5.92 Å². The Labute approximate surface area is 164 Å². The van der Waals surface area contributed by atoms with Crippen LogP contribution in [0.3, 0.4) is 0 Å². The quantitative estimate of drug-likeness (QED) is 0.698. The lowest BCUT2D eigenvalue weighted by molar-refractivity contribution is -0.140. The number of piperidine rings is 1. The summed E-state index contributed by atoms with van der Waals surface area (Å²) in [5.41, 5.74) is 0. The number of benzene rings is 1. The van der Waals surface area contributed by atoms with Crippen LogP contribution in [0, 0.1) is 11.7 Å². The van der Waals surface area contributed by atoms with Crippen LogP contribution >= 0.6 is 0 Å². The standard InChI is InChI=1S/C19H24FN3O4S/c1-2-18(24)22-9-5-6-15(14-22)19(25)21-10-12-23(13-11-21)28(26,27)17-8-4-3-7-16(17)20/h2-4,7-8,15H,1,5-6,9-14H2. The van der Waals surface area contributed by atoms with Crippen LogP contribution in [0.5, 0.6) is 0 Å². The van der Waals surface area contributed by atoms with Crippen molar-refractivity contribution in [3.63, 3.8) is 0 Å². The van der Waals surface area contributed by atoms with Crippen LogP contribution in [-0.2, 0) is 19.6 Å². The molecule has 0 radical (unpaired) electrons. The molecular weight excluding hydrogens is 385 g/mol. The van der Waals surface area contributed by atoms with E-state index in [1.807, 2.05) is 0 Å². The minimum absolute atomic E-state index is 0.0653. The fraction of sp³-hybridized carbons (Fsp3) is 0.474. The van der Waals surface area contributed by atoms with Gasteiger partial charge in [-0.3, -0.25) is 9.59 Å². The molecule has 0 bridgehead atoms. The van der Waals surface area contributed by atoms with Gasteiger partial charge in [0.1, 0.15) is 10.7 Å². The first-order valence-electron chi connectivity index (χ1n) is 9.29. The maximum absolute atomic E-state index is 13.9. The predicted molar refractivity (Wildman–Crippen MR) is 101 cm³/mol. The fourth-order valence-electron chi connectivity index (χ4n) is 3.71. The molecule has 7 nitrogen and oxygen atoms in total. The van der Waals surface area contributed by atoms with Crippen molar-refractivity contribution in [2.24, 2.45) is 5.92 Å². The Hall–Kier alpha value is -2.26. The Morgan fingerprint density at radius 2 is 1.75 bits per heavy atom. The van der Waals surface area contributed by atoms with E-state index in [1.54, 1.807) is 9.80 Å². The smallest absolute Gasteiger partial charge is 0.246 e. The molecule has 2 aliphatic rings. The van der Waals surface area contributed by atoms with E-state index in [0.717, 1.165) is 12.5 Å². The summed E-state index contributed by atoms with van der Waals surface area (Å²) in [7, 11) is -3.93. The number of carbonyl (C=O) groups excluding carboxylic acids is 2. The van der Waals surface area contributed by atoms with Crippen LogP contribution < -0.4 is 0 Å². The molecule has 0 aliphatic carbocycles. The van der Waals surface area contributed by atoms with Crippen molar-refractivity contribution in [3.05, 3.63) is 42.7 Å². The summed E-state index contributed by atoms with van der Waals surface area (Å²) in [6, 6.07) is 5.28. The highest BCUT2D eigenvalue weighted by Crippen LogP contribution is 2.23. The molecule has 0 N–H and O–H groups in total. The Balaban J connectivity index is 1.62. The molecule has 2 saturated heterocycles. The molecule has 1 atom stereocenters. The van der Waals surface area contributed by atoms with Crippen LogP contribution in [0.25, 0.3) is 0 Å². The average Bonchev–Trinajstić information content (AvgIpc) is 2.73. The number of piperazine rings is 1. The summed E-state index contributed by atoms with van der Waals surface area (Å²) in [6.07, 6.45) is 2.70. The Kier molecular flexibility index (Phi) is 6.14. The van der Waals surface area contributed by atoms with Gasteiger partial charge in [-0.2, -0.15) is 4.31 Å². The Bertz CT molecular complexity index is 866. The maximum atomic E-state index is 13.9. The van der Waals surface area contributed by atoms with Crippen molar-refractivity contribution < 1.29 is 22.4 Å². The molecule has 2 fully saturated rings. The molecule has 2 amide bonds. The van der Waals surface area contributed by atoms with E-state index >= 15 is 0 Å². The molecule has 1 aromatic carbocycles. The van der Waals surface area contributed by atoms with Crippen molar-refractivity contribution in [1.29, 1.82) is 0 Å². The van der Waals surface area contributed by atoms with Gasteiger partial charge in [-0.1, -0.05) is 18.7 Å². The summed E-state index contributed by atoms with van der Waals surface area (Å²) in [5, 5.41) is 0. The van der Waals surface area contributed by atoms with Gasteiger partial charge in [0, 0.05) is 39.3 Å². The van der Waals surface area contributed by atoms with E-state index in [-0.39, 0.29) is 48.8 Å². The minimum atomic E-state index is -3.93. The second-order valence-corrected chi connectivity index (χ2v) is 8.89. The number of likely N-dealkylation sites (tertiary alicyclic amines) is 1. The van der Waals surface area contributed by atoms with E-state index in [9.17, 15) is 22.4 Å². The van der Waals surface area contributed by atoms with Gasteiger partial charge in [0.2, 0.25) is 21.8 Å². The van der Waals surface area contributed by atoms with Crippen LogP contribution in [0.1, 0.15) is 12.8 Å².